The van der Waals surface area contributed by atoms with Crippen LogP contribution < -0.4 is 0 Å². The molecule has 0 saturated carbocycles. The normalized spacial score (nSPS) is 19.3. The number of esters is 1. The average Bonchev–Trinajstić information content (AvgIpc) is 3.42. The van der Waals surface area contributed by atoms with Crippen LogP contribution in [0.1, 0.15) is 219 Å². The van der Waals surface area contributed by atoms with Crippen molar-refractivity contribution in [1.29, 1.82) is 0 Å². The molecule has 13 heteroatoms. The fraction of sp³-hybridized carbons (Fsp3) is 0.677. The number of hydrogen-bond acceptors (Lipinski definition) is 11. The fourth-order valence-electron chi connectivity index (χ4n) is 8.61. The second kappa shape index (κ2) is 54.1. The highest BCUT2D eigenvalue weighted by Gasteiger charge is 2.48. The summed E-state index contributed by atoms with van der Waals surface area (Å²) in [6, 6.07) is 0. The number of hydrogen-bond donors (Lipinski definition) is 4. The fourth-order valence-corrected chi connectivity index (χ4v) is 9.12. The molecule has 4 N–H and O–H groups in total. The maximum atomic E-state index is 13.0. The van der Waals surface area contributed by atoms with Gasteiger partial charge in [-0.2, -0.15) is 8.42 Å². The van der Waals surface area contributed by atoms with Crippen LogP contribution in [0.15, 0.2) is 122 Å². The molecule has 12 nitrogen and oxygen atoms in total. The van der Waals surface area contributed by atoms with Crippen molar-refractivity contribution in [1.82, 2.24) is 0 Å². The standard InChI is InChI=1S/C65H108O12S/c1-3-5-7-9-11-13-15-17-19-21-23-25-27-29-31-33-35-37-39-41-43-45-47-49-51-53-55-73-57-59(58-74-65-63(69)64(77-78(70,71)72)62(68)60(56-66)76-65)75-61(67)54-52-50-48-46-44-42-40-38-36-34-32-30-28-26-24-22-20-18-16-14-12-10-8-6-4-2/h5-8,11-14,17-20,23-26,29,31,35,37,59-60,62-66,68-69H,3-4,9-10,15-16,21-22,27-28,30,32-34,36,38-58H2,1-2H3,(H,70,71,72)/b7-5-,8-6-,13-11-,14-12-,19-17-,20-18-,25-23-,26-24-,31-29-,37-35-. The first-order valence-corrected chi connectivity index (χ1v) is 31.7. The molecule has 0 aromatic rings. The molecule has 0 radical (unpaired) electrons. The molecule has 0 bridgehead atoms. The number of rotatable bonds is 52. The van der Waals surface area contributed by atoms with Crippen LogP contribution in [0.4, 0.5) is 0 Å². The van der Waals surface area contributed by atoms with Crippen molar-refractivity contribution in [3.63, 3.8) is 0 Å². The minimum atomic E-state index is -5.08. The quantitative estimate of drug-likeness (QED) is 0.0196. The topological polar surface area (TPSA) is 178 Å². The van der Waals surface area contributed by atoms with Crippen molar-refractivity contribution in [2.45, 2.75) is 256 Å². The summed E-state index contributed by atoms with van der Waals surface area (Å²) in [7, 11) is -5.08. The number of aliphatic hydroxyl groups excluding tert-OH is 3. The van der Waals surface area contributed by atoms with Gasteiger partial charge in [0.25, 0.3) is 0 Å². The van der Waals surface area contributed by atoms with Gasteiger partial charge in [0, 0.05) is 13.0 Å². The summed E-state index contributed by atoms with van der Waals surface area (Å²) in [5, 5.41) is 30.9. The minimum absolute atomic E-state index is 0.0200. The van der Waals surface area contributed by atoms with Crippen LogP contribution in [0.2, 0.25) is 0 Å². The summed E-state index contributed by atoms with van der Waals surface area (Å²) in [5.74, 6) is -0.409. The van der Waals surface area contributed by atoms with E-state index in [1.807, 2.05) is 0 Å². The van der Waals surface area contributed by atoms with Crippen LogP contribution in [-0.2, 0) is 38.3 Å². The number of carbonyl (C=O) groups excluding carboxylic acids is 1. The van der Waals surface area contributed by atoms with E-state index < -0.39 is 59.8 Å². The molecule has 6 atom stereocenters. The first kappa shape index (κ1) is 72.5. The smallest absolute Gasteiger partial charge is 0.397 e. The summed E-state index contributed by atoms with van der Waals surface area (Å²) in [6.07, 6.45) is 69.4. The molecule has 0 aromatic carbocycles. The second-order valence-electron chi connectivity index (χ2n) is 20.2. The zero-order chi connectivity index (χ0) is 56.7. The molecule has 446 valence electrons. The highest BCUT2D eigenvalue weighted by Crippen LogP contribution is 2.26. The molecule has 1 rings (SSSR count). The first-order chi connectivity index (χ1) is 38.1. The summed E-state index contributed by atoms with van der Waals surface area (Å²) in [6.45, 7) is 3.74. The summed E-state index contributed by atoms with van der Waals surface area (Å²) in [4.78, 5) is 13.0. The lowest BCUT2D eigenvalue weighted by molar-refractivity contribution is -0.301. The predicted octanol–water partition coefficient (Wildman–Crippen LogP) is 15.6. The molecule has 0 aromatic heterocycles. The van der Waals surface area contributed by atoms with E-state index in [0.29, 0.717) is 13.0 Å². The second-order valence-corrected chi connectivity index (χ2v) is 21.2. The molecule has 1 aliphatic rings. The van der Waals surface area contributed by atoms with E-state index in [0.717, 1.165) is 122 Å². The molecule has 1 saturated heterocycles. The monoisotopic (exact) mass is 1110 g/mol. The van der Waals surface area contributed by atoms with Crippen LogP contribution in [-0.4, -0.2) is 97.5 Å². The third-order valence-corrected chi connectivity index (χ3v) is 13.5. The Kier molecular flexibility index (Phi) is 50.3. The Balaban J connectivity index is 2.30. The summed E-state index contributed by atoms with van der Waals surface area (Å²) >= 11 is 0. The molecule has 1 fully saturated rings. The Labute approximate surface area is 474 Å². The largest absolute Gasteiger partial charge is 0.457 e. The van der Waals surface area contributed by atoms with Gasteiger partial charge in [0.2, 0.25) is 0 Å². The van der Waals surface area contributed by atoms with E-state index in [1.165, 1.54) is 70.6 Å². The van der Waals surface area contributed by atoms with E-state index in [-0.39, 0.29) is 19.6 Å². The lowest BCUT2D eigenvalue weighted by Crippen LogP contribution is -2.60. The van der Waals surface area contributed by atoms with Gasteiger partial charge < -0.3 is 34.3 Å². The van der Waals surface area contributed by atoms with Gasteiger partial charge in [-0.3, -0.25) is 9.35 Å². The number of allylic oxidation sites excluding steroid dienone is 20. The van der Waals surface area contributed by atoms with Gasteiger partial charge in [-0.05, 0) is 103 Å². The molecule has 78 heavy (non-hydrogen) atoms. The summed E-state index contributed by atoms with van der Waals surface area (Å²) in [5.41, 5.74) is 0. The minimum Gasteiger partial charge on any atom is -0.457 e. The van der Waals surface area contributed by atoms with Gasteiger partial charge in [-0.1, -0.05) is 232 Å². The molecule has 1 aliphatic heterocycles. The van der Waals surface area contributed by atoms with Crippen LogP contribution in [0.25, 0.3) is 0 Å². The van der Waals surface area contributed by atoms with Crippen LogP contribution in [0.3, 0.4) is 0 Å². The van der Waals surface area contributed by atoms with Gasteiger partial charge >= 0.3 is 16.4 Å². The lowest BCUT2D eigenvalue weighted by Gasteiger charge is -2.41. The van der Waals surface area contributed by atoms with Crippen molar-refractivity contribution in [3.8, 4) is 0 Å². The zero-order valence-electron chi connectivity index (χ0n) is 48.4. The Morgan fingerprint density at radius 3 is 1.23 bits per heavy atom. The number of ether oxygens (including phenoxy) is 4. The molecule has 0 spiro atoms. The van der Waals surface area contributed by atoms with E-state index in [1.54, 1.807) is 0 Å². The Morgan fingerprint density at radius 2 is 0.846 bits per heavy atom. The number of aliphatic hydroxyl groups is 3. The molecular formula is C65H108O12S. The first-order valence-electron chi connectivity index (χ1n) is 30.3. The van der Waals surface area contributed by atoms with Crippen molar-refractivity contribution in [2.75, 3.05) is 26.4 Å². The predicted molar refractivity (Wildman–Crippen MR) is 321 cm³/mol. The van der Waals surface area contributed by atoms with Gasteiger partial charge in [-0.25, -0.2) is 4.18 Å². The number of unbranched alkanes of at least 4 members (excludes halogenated alkanes) is 19. The molecular weight excluding hydrogens is 1000 g/mol. The van der Waals surface area contributed by atoms with Crippen molar-refractivity contribution >= 4 is 16.4 Å². The Hall–Kier alpha value is -3.50. The SMILES string of the molecule is CC/C=C\C/C=C\C/C=C\C/C=C\C/C=C\C/C=C\CCCCCCCCCOCC(COC1OC(CO)C(O)C(OS(=O)(=O)O)C1O)OC(=O)CCCCCCCCCCCCCC/C=C\C/C=C\C/C=C\C/C=C\CC. The molecule has 0 aliphatic carbocycles. The van der Waals surface area contributed by atoms with Crippen molar-refractivity contribution < 1.29 is 56.2 Å². The maximum Gasteiger partial charge on any atom is 0.397 e. The van der Waals surface area contributed by atoms with Crippen molar-refractivity contribution in [2.24, 2.45) is 0 Å². The molecule has 1 heterocycles. The van der Waals surface area contributed by atoms with Gasteiger partial charge in [-0.15, -0.1) is 0 Å². The molecule has 0 amide bonds. The zero-order valence-corrected chi connectivity index (χ0v) is 49.2. The van der Waals surface area contributed by atoms with Crippen LogP contribution in [0.5, 0.6) is 0 Å². The third kappa shape index (κ3) is 46.3. The van der Waals surface area contributed by atoms with Gasteiger partial charge in [0.1, 0.15) is 30.5 Å². The number of carbonyl (C=O) groups is 1. The van der Waals surface area contributed by atoms with E-state index in [4.69, 9.17) is 18.9 Å². The van der Waals surface area contributed by atoms with E-state index in [2.05, 4.69) is 140 Å². The Bertz CT molecular complexity index is 1810. The van der Waals surface area contributed by atoms with Crippen LogP contribution in [0, 0.1) is 0 Å². The average molecular weight is 1110 g/mol. The lowest BCUT2D eigenvalue weighted by atomic mass is 9.99. The van der Waals surface area contributed by atoms with Crippen molar-refractivity contribution in [3.05, 3.63) is 122 Å². The van der Waals surface area contributed by atoms with Crippen LogP contribution >= 0.6 is 0 Å². The van der Waals surface area contributed by atoms with E-state index >= 15 is 0 Å². The highest BCUT2D eigenvalue weighted by atomic mass is 32.3. The molecule has 6 unspecified atom stereocenters. The highest BCUT2D eigenvalue weighted by molar-refractivity contribution is 7.80. The summed E-state index contributed by atoms with van der Waals surface area (Å²) < 4.78 is 59.5. The Morgan fingerprint density at radius 1 is 0.487 bits per heavy atom. The van der Waals surface area contributed by atoms with E-state index in [9.17, 15) is 33.1 Å². The van der Waals surface area contributed by atoms with Gasteiger partial charge in [0.05, 0.1) is 19.8 Å². The van der Waals surface area contributed by atoms with Gasteiger partial charge in [0.15, 0.2) is 6.29 Å². The maximum absolute atomic E-state index is 13.0. The third-order valence-electron chi connectivity index (χ3n) is 13.1.